The van der Waals surface area contributed by atoms with Crippen molar-refractivity contribution in [1.82, 2.24) is 10.6 Å². The molecule has 4 nitrogen and oxygen atoms in total. The number of nitrogens with one attached hydrogen (secondary N) is 3. The van der Waals surface area contributed by atoms with Crippen LogP contribution in [0.15, 0.2) is 18.2 Å². The molecule has 4 heteroatoms. The second-order valence-electron chi connectivity index (χ2n) is 5.44. The van der Waals surface area contributed by atoms with Crippen LogP contribution in [0.25, 0.3) is 0 Å². The molecule has 0 atom stereocenters. The Bertz CT molecular complexity index is 466. The lowest BCUT2D eigenvalue weighted by Gasteiger charge is -2.23. The molecule has 1 aromatic carbocycles. The summed E-state index contributed by atoms with van der Waals surface area (Å²) in [5, 5.41) is 9.87. The molecule has 0 aliphatic carbocycles. The molecular weight excluding hydrogens is 238 g/mol. The molecule has 1 fully saturated rings. The first kappa shape index (κ1) is 12.6. The lowest BCUT2D eigenvalue weighted by Crippen LogP contribution is -2.40. The summed E-state index contributed by atoms with van der Waals surface area (Å²) in [5.74, 6) is 0.111. The third kappa shape index (κ3) is 3.14. The first-order chi connectivity index (χ1) is 9.31. The third-order valence-electron chi connectivity index (χ3n) is 3.98. The fraction of sp³-hybridized carbons (Fsp3) is 0.533. The SMILES string of the molecule is O=C1Cc2cc(CCNC3CCNCC3)ccc2N1. The zero-order chi connectivity index (χ0) is 13.1. The van der Waals surface area contributed by atoms with Crippen molar-refractivity contribution in [2.45, 2.75) is 31.7 Å². The van der Waals surface area contributed by atoms with Gasteiger partial charge in [-0.05, 0) is 56.1 Å². The molecule has 1 aromatic rings. The Hall–Kier alpha value is -1.39. The van der Waals surface area contributed by atoms with Crippen LogP contribution in [-0.4, -0.2) is 31.6 Å². The highest BCUT2D eigenvalue weighted by molar-refractivity contribution is 5.99. The molecule has 0 aromatic heterocycles. The number of carbonyl (C=O) groups is 1. The van der Waals surface area contributed by atoms with Gasteiger partial charge < -0.3 is 16.0 Å². The van der Waals surface area contributed by atoms with Crippen LogP contribution in [0.2, 0.25) is 0 Å². The zero-order valence-electron chi connectivity index (χ0n) is 11.2. The van der Waals surface area contributed by atoms with Crippen LogP contribution in [0.5, 0.6) is 0 Å². The van der Waals surface area contributed by atoms with Crippen molar-refractivity contribution in [2.24, 2.45) is 0 Å². The molecular formula is C15H21N3O. The maximum atomic E-state index is 11.3. The molecule has 0 radical (unpaired) electrons. The van der Waals surface area contributed by atoms with Gasteiger partial charge in [0.05, 0.1) is 6.42 Å². The Kier molecular flexibility index (Phi) is 3.80. The Morgan fingerprint density at radius 2 is 2.11 bits per heavy atom. The monoisotopic (exact) mass is 259 g/mol. The van der Waals surface area contributed by atoms with Gasteiger partial charge in [-0.1, -0.05) is 12.1 Å². The Balaban J connectivity index is 1.50. The Labute approximate surface area is 114 Å². The fourth-order valence-corrected chi connectivity index (χ4v) is 2.88. The number of amides is 1. The Morgan fingerprint density at radius 1 is 1.26 bits per heavy atom. The van der Waals surface area contributed by atoms with E-state index in [-0.39, 0.29) is 5.91 Å². The molecule has 2 heterocycles. The molecule has 2 aliphatic heterocycles. The Morgan fingerprint density at radius 3 is 2.95 bits per heavy atom. The summed E-state index contributed by atoms with van der Waals surface area (Å²) < 4.78 is 0. The van der Waals surface area contributed by atoms with Crippen LogP contribution < -0.4 is 16.0 Å². The molecule has 2 aliphatic rings. The minimum Gasteiger partial charge on any atom is -0.326 e. The van der Waals surface area contributed by atoms with Gasteiger partial charge in [-0.3, -0.25) is 4.79 Å². The average molecular weight is 259 g/mol. The number of hydrogen-bond donors (Lipinski definition) is 3. The number of carbonyl (C=O) groups excluding carboxylic acids is 1. The van der Waals surface area contributed by atoms with Gasteiger partial charge in [0.1, 0.15) is 0 Å². The highest BCUT2D eigenvalue weighted by Crippen LogP contribution is 2.23. The van der Waals surface area contributed by atoms with Gasteiger partial charge in [-0.15, -0.1) is 0 Å². The second-order valence-corrected chi connectivity index (χ2v) is 5.44. The molecule has 1 saturated heterocycles. The molecule has 3 rings (SSSR count). The number of benzene rings is 1. The van der Waals surface area contributed by atoms with Crippen molar-refractivity contribution in [3.63, 3.8) is 0 Å². The number of anilines is 1. The van der Waals surface area contributed by atoms with Crippen molar-refractivity contribution >= 4 is 11.6 Å². The third-order valence-corrected chi connectivity index (χ3v) is 3.98. The summed E-state index contributed by atoms with van der Waals surface area (Å²) in [6, 6.07) is 6.98. The van der Waals surface area contributed by atoms with Gasteiger partial charge in [0, 0.05) is 11.7 Å². The first-order valence-corrected chi connectivity index (χ1v) is 7.17. The number of hydrogen-bond acceptors (Lipinski definition) is 3. The summed E-state index contributed by atoms with van der Waals surface area (Å²) in [7, 11) is 0. The second kappa shape index (κ2) is 5.72. The molecule has 0 saturated carbocycles. The van der Waals surface area contributed by atoms with E-state index in [9.17, 15) is 4.79 Å². The van der Waals surface area contributed by atoms with E-state index in [1.807, 2.05) is 6.07 Å². The van der Waals surface area contributed by atoms with E-state index < -0.39 is 0 Å². The first-order valence-electron chi connectivity index (χ1n) is 7.17. The van der Waals surface area contributed by atoms with Crippen molar-refractivity contribution < 1.29 is 4.79 Å². The van der Waals surface area contributed by atoms with Gasteiger partial charge in [0.2, 0.25) is 5.91 Å². The lowest BCUT2D eigenvalue weighted by atomic mass is 10.0. The van der Waals surface area contributed by atoms with E-state index in [0.29, 0.717) is 12.5 Å². The standard InChI is InChI=1S/C15H21N3O/c19-15-10-12-9-11(1-2-14(12)18-15)3-8-17-13-4-6-16-7-5-13/h1-2,9,13,16-17H,3-8,10H2,(H,18,19). The maximum Gasteiger partial charge on any atom is 0.228 e. The topological polar surface area (TPSA) is 53.2 Å². The quantitative estimate of drug-likeness (QED) is 0.758. The van der Waals surface area contributed by atoms with E-state index >= 15 is 0 Å². The summed E-state index contributed by atoms with van der Waals surface area (Å²) in [6.07, 6.45) is 4.02. The van der Waals surface area contributed by atoms with Gasteiger partial charge in [0.25, 0.3) is 0 Å². The van der Waals surface area contributed by atoms with E-state index in [1.165, 1.54) is 18.4 Å². The molecule has 0 bridgehead atoms. The van der Waals surface area contributed by atoms with E-state index in [1.54, 1.807) is 0 Å². The minimum absolute atomic E-state index is 0.111. The van der Waals surface area contributed by atoms with Crippen molar-refractivity contribution in [2.75, 3.05) is 25.0 Å². The van der Waals surface area contributed by atoms with Crippen molar-refractivity contribution in [1.29, 1.82) is 0 Å². The van der Waals surface area contributed by atoms with Crippen LogP contribution in [0.3, 0.4) is 0 Å². The largest absolute Gasteiger partial charge is 0.326 e. The highest BCUT2D eigenvalue weighted by atomic mass is 16.1. The lowest BCUT2D eigenvalue weighted by molar-refractivity contribution is -0.115. The van der Waals surface area contributed by atoms with Gasteiger partial charge >= 0.3 is 0 Å². The van der Waals surface area contributed by atoms with Crippen LogP contribution in [0.4, 0.5) is 5.69 Å². The predicted octanol–water partition coefficient (Wildman–Crippen LogP) is 1.07. The molecule has 0 spiro atoms. The average Bonchev–Trinajstić information content (AvgIpc) is 2.79. The van der Waals surface area contributed by atoms with Crippen LogP contribution >= 0.6 is 0 Å². The molecule has 1 amide bonds. The van der Waals surface area contributed by atoms with E-state index in [2.05, 4.69) is 28.1 Å². The maximum absolute atomic E-state index is 11.3. The molecule has 0 unspecified atom stereocenters. The summed E-state index contributed by atoms with van der Waals surface area (Å²) in [6.45, 7) is 3.28. The van der Waals surface area contributed by atoms with E-state index in [0.717, 1.165) is 37.3 Å². The van der Waals surface area contributed by atoms with Gasteiger partial charge in [0.15, 0.2) is 0 Å². The summed E-state index contributed by atoms with van der Waals surface area (Å²) in [4.78, 5) is 11.3. The van der Waals surface area contributed by atoms with E-state index in [4.69, 9.17) is 0 Å². The smallest absolute Gasteiger partial charge is 0.228 e. The molecule has 102 valence electrons. The number of rotatable bonds is 4. The molecule has 3 N–H and O–H groups in total. The van der Waals surface area contributed by atoms with Crippen LogP contribution in [0, 0.1) is 0 Å². The van der Waals surface area contributed by atoms with Crippen molar-refractivity contribution in [3.8, 4) is 0 Å². The van der Waals surface area contributed by atoms with Crippen LogP contribution in [0.1, 0.15) is 24.0 Å². The van der Waals surface area contributed by atoms with Crippen molar-refractivity contribution in [3.05, 3.63) is 29.3 Å². The minimum atomic E-state index is 0.111. The summed E-state index contributed by atoms with van der Waals surface area (Å²) in [5.41, 5.74) is 3.45. The zero-order valence-corrected chi connectivity index (χ0v) is 11.2. The predicted molar refractivity (Wildman–Crippen MR) is 76.4 cm³/mol. The van der Waals surface area contributed by atoms with Gasteiger partial charge in [-0.25, -0.2) is 0 Å². The fourth-order valence-electron chi connectivity index (χ4n) is 2.88. The number of fused-ring (bicyclic) bond motifs is 1. The van der Waals surface area contributed by atoms with Gasteiger partial charge in [-0.2, -0.15) is 0 Å². The molecule has 19 heavy (non-hydrogen) atoms. The normalized spacial score (nSPS) is 19.3. The number of piperidine rings is 1. The summed E-state index contributed by atoms with van der Waals surface area (Å²) >= 11 is 0. The highest BCUT2D eigenvalue weighted by Gasteiger charge is 2.17. The van der Waals surface area contributed by atoms with Crippen LogP contribution in [-0.2, 0) is 17.6 Å².